The molecule has 21 heavy (non-hydrogen) atoms. The van der Waals surface area contributed by atoms with Crippen molar-refractivity contribution in [2.45, 2.75) is 73.6 Å². The quantitative estimate of drug-likeness (QED) is 0.293. The molecule has 0 nitrogen and oxygen atoms in total. The van der Waals surface area contributed by atoms with E-state index in [2.05, 4.69) is 78.0 Å². The average Bonchev–Trinajstić information content (AvgIpc) is 2.45. The molecule has 1 unspecified atom stereocenters. The Hall–Kier alpha value is -1.04. The number of hydrogen-bond donors (Lipinski definition) is 0. The van der Waals surface area contributed by atoms with Gasteiger partial charge in [0, 0.05) is 5.92 Å². The first-order chi connectivity index (χ1) is 10.1. The van der Waals surface area contributed by atoms with E-state index in [4.69, 9.17) is 0 Å². The lowest BCUT2D eigenvalue weighted by Crippen LogP contribution is -2.12. The lowest BCUT2D eigenvalue weighted by molar-refractivity contribution is 0.561. The number of unbranched alkanes of at least 4 members (excludes halogenated alkanes) is 1. The summed E-state index contributed by atoms with van der Waals surface area (Å²) in [5, 5.41) is 0. The molecular formula is C21H36. The van der Waals surface area contributed by atoms with Crippen LogP contribution in [-0.4, -0.2) is 0 Å². The molecule has 0 heterocycles. The molecular weight excluding hydrogens is 252 g/mol. The molecule has 0 aliphatic heterocycles. The van der Waals surface area contributed by atoms with Crippen LogP contribution in [0, 0.1) is 11.8 Å². The van der Waals surface area contributed by atoms with E-state index in [1.807, 2.05) is 0 Å². The molecule has 0 saturated heterocycles. The predicted octanol–water partition coefficient (Wildman–Crippen LogP) is 7.25. The van der Waals surface area contributed by atoms with Crippen LogP contribution in [0.3, 0.4) is 0 Å². The molecule has 1 atom stereocenters. The van der Waals surface area contributed by atoms with Crippen LogP contribution in [0.2, 0.25) is 0 Å². The van der Waals surface area contributed by atoms with Gasteiger partial charge in [-0.15, -0.1) is 0 Å². The Bertz CT molecular complexity index is 363. The minimum atomic E-state index is 0.569. The van der Waals surface area contributed by atoms with Gasteiger partial charge in [-0.2, -0.15) is 0 Å². The second-order valence-electron chi connectivity index (χ2n) is 5.99. The molecule has 0 spiro atoms. The molecule has 0 aromatic heterocycles. The minimum absolute atomic E-state index is 0.569. The van der Waals surface area contributed by atoms with Gasteiger partial charge in [0.1, 0.15) is 0 Å². The first kappa shape index (κ1) is 20.0. The molecule has 0 heteroatoms. The topological polar surface area (TPSA) is 0 Å². The Morgan fingerprint density at radius 3 is 2.24 bits per heavy atom. The van der Waals surface area contributed by atoms with Crippen molar-refractivity contribution in [2.24, 2.45) is 11.8 Å². The summed E-state index contributed by atoms with van der Waals surface area (Å²) in [5.41, 5.74) is 3.08. The highest BCUT2D eigenvalue weighted by molar-refractivity contribution is 5.33. The van der Waals surface area contributed by atoms with Gasteiger partial charge in [-0.05, 0) is 37.7 Å². The smallest absolute Gasteiger partial charge is 0.00505 e. The van der Waals surface area contributed by atoms with Crippen molar-refractivity contribution in [3.8, 4) is 0 Å². The van der Waals surface area contributed by atoms with Gasteiger partial charge in [0.25, 0.3) is 0 Å². The highest BCUT2D eigenvalue weighted by Crippen LogP contribution is 2.32. The summed E-state index contributed by atoms with van der Waals surface area (Å²) in [6, 6.07) is 0. The first-order valence-corrected chi connectivity index (χ1v) is 8.81. The number of hydrogen-bond acceptors (Lipinski definition) is 0. The summed E-state index contributed by atoms with van der Waals surface area (Å²) in [7, 11) is 0. The molecule has 0 saturated carbocycles. The van der Waals surface area contributed by atoms with Crippen LogP contribution in [0.1, 0.15) is 73.6 Å². The fourth-order valence-corrected chi connectivity index (χ4v) is 2.70. The summed E-state index contributed by atoms with van der Waals surface area (Å²) in [5.74, 6) is 1.19. The second kappa shape index (κ2) is 12.7. The Morgan fingerprint density at radius 2 is 1.76 bits per heavy atom. The van der Waals surface area contributed by atoms with E-state index in [0.717, 1.165) is 6.42 Å². The molecule has 120 valence electrons. The third kappa shape index (κ3) is 8.09. The van der Waals surface area contributed by atoms with E-state index < -0.39 is 0 Å². The van der Waals surface area contributed by atoms with E-state index >= 15 is 0 Å². The van der Waals surface area contributed by atoms with Crippen LogP contribution in [0.5, 0.6) is 0 Å². The van der Waals surface area contributed by atoms with Crippen molar-refractivity contribution in [3.05, 3.63) is 47.6 Å². The second-order valence-corrected chi connectivity index (χ2v) is 5.99. The number of rotatable bonds is 10. The van der Waals surface area contributed by atoms with Crippen LogP contribution in [0.15, 0.2) is 47.6 Å². The van der Waals surface area contributed by atoms with Crippen molar-refractivity contribution in [1.82, 2.24) is 0 Å². The van der Waals surface area contributed by atoms with Crippen LogP contribution in [0.4, 0.5) is 0 Å². The van der Waals surface area contributed by atoms with Crippen molar-refractivity contribution < 1.29 is 0 Å². The average molecular weight is 289 g/mol. The molecule has 0 aliphatic rings. The van der Waals surface area contributed by atoms with Crippen molar-refractivity contribution in [3.63, 3.8) is 0 Å². The fourth-order valence-electron chi connectivity index (χ4n) is 2.70. The fraction of sp³-hybridized carbons (Fsp3) is 0.619. The third-order valence-electron chi connectivity index (χ3n) is 3.74. The maximum absolute atomic E-state index is 2.49. The highest BCUT2D eigenvalue weighted by atomic mass is 14.2. The SMILES string of the molecule is C\C=C/C(=C\C=C\CC)C(CCC)/C(=C/CCC)C(C)C. The zero-order chi connectivity index (χ0) is 16.1. The van der Waals surface area contributed by atoms with Crippen molar-refractivity contribution >= 4 is 0 Å². The lowest BCUT2D eigenvalue weighted by Gasteiger charge is -2.25. The van der Waals surface area contributed by atoms with Gasteiger partial charge in [-0.3, -0.25) is 0 Å². The Balaban J connectivity index is 5.54. The summed E-state index contributed by atoms with van der Waals surface area (Å²) >= 11 is 0. The Morgan fingerprint density at radius 1 is 1.05 bits per heavy atom. The first-order valence-electron chi connectivity index (χ1n) is 8.81. The van der Waals surface area contributed by atoms with E-state index in [0.29, 0.717) is 11.8 Å². The molecule has 0 amide bonds. The van der Waals surface area contributed by atoms with E-state index in [-0.39, 0.29) is 0 Å². The van der Waals surface area contributed by atoms with Gasteiger partial charge < -0.3 is 0 Å². The monoisotopic (exact) mass is 288 g/mol. The van der Waals surface area contributed by atoms with Gasteiger partial charge in [-0.25, -0.2) is 0 Å². The molecule has 0 bridgehead atoms. The van der Waals surface area contributed by atoms with Gasteiger partial charge in [-0.1, -0.05) is 89.5 Å². The molecule has 0 rings (SSSR count). The van der Waals surface area contributed by atoms with Gasteiger partial charge >= 0.3 is 0 Å². The van der Waals surface area contributed by atoms with Crippen molar-refractivity contribution in [1.29, 1.82) is 0 Å². The molecule has 0 fully saturated rings. The van der Waals surface area contributed by atoms with Crippen LogP contribution in [0.25, 0.3) is 0 Å². The summed E-state index contributed by atoms with van der Waals surface area (Å²) in [6.07, 6.45) is 19.7. The van der Waals surface area contributed by atoms with E-state index in [1.54, 1.807) is 5.57 Å². The van der Waals surface area contributed by atoms with E-state index in [9.17, 15) is 0 Å². The molecule has 0 aromatic rings. The zero-order valence-electron chi connectivity index (χ0n) is 15.2. The van der Waals surface area contributed by atoms with Gasteiger partial charge in [0.2, 0.25) is 0 Å². The van der Waals surface area contributed by atoms with Crippen LogP contribution < -0.4 is 0 Å². The van der Waals surface area contributed by atoms with Gasteiger partial charge in [0.15, 0.2) is 0 Å². The molecule has 0 aromatic carbocycles. The number of allylic oxidation sites excluding steroid dienone is 8. The normalized spacial score (nSPS) is 15.6. The molecule has 0 N–H and O–H groups in total. The van der Waals surface area contributed by atoms with E-state index in [1.165, 1.54) is 31.3 Å². The zero-order valence-corrected chi connectivity index (χ0v) is 15.2. The maximum atomic E-state index is 2.49. The summed E-state index contributed by atoms with van der Waals surface area (Å²) in [6.45, 7) is 13.5. The van der Waals surface area contributed by atoms with Crippen molar-refractivity contribution in [2.75, 3.05) is 0 Å². The van der Waals surface area contributed by atoms with Crippen LogP contribution in [-0.2, 0) is 0 Å². The Kier molecular flexibility index (Phi) is 12.1. The predicted molar refractivity (Wildman–Crippen MR) is 98.6 cm³/mol. The molecule has 0 aliphatic carbocycles. The highest BCUT2D eigenvalue weighted by Gasteiger charge is 2.18. The standard InChI is InChI=1S/C21H36/c1-7-11-13-16-19(14-9-3)21(15-10-4)20(18(5)6)17-12-8-2/h9,11,13-14,16-18,21H,7-8,10,12,15H2,1-6H3/b13-11+,14-9-,19-16+,20-17+. The summed E-state index contributed by atoms with van der Waals surface area (Å²) < 4.78 is 0. The van der Waals surface area contributed by atoms with Crippen LogP contribution >= 0.6 is 0 Å². The lowest BCUT2D eigenvalue weighted by atomic mass is 9.80. The molecule has 0 radical (unpaired) electrons. The maximum Gasteiger partial charge on any atom is 0.00505 e. The summed E-state index contributed by atoms with van der Waals surface area (Å²) in [4.78, 5) is 0. The Labute approximate surface area is 133 Å². The van der Waals surface area contributed by atoms with Gasteiger partial charge in [0.05, 0.1) is 0 Å². The minimum Gasteiger partial charge on any atom is -0.0874 e. The largest absolute Gasteiger partial charge is 0.0874 e. The third-order valence-corrected chi connectivity index (χ3v) is 3.74.